The van der Waals surface area contributed by atoms with E-state index in [4.69, 9.17) is 5.11 Å². The highest BCUT2D eigenvalue weighted by molar-refractivity contribution is 7.91. The SMILES string of the molecule is CS(=O)(=O)CC(=O)N(CC(=O)O)C1CC1. The molecule has 1 rings (SSSR count). The third-order valence-corrected chi connectivity index (χ3v) is 2.77. The molecule has 86 valence electrons. The van der Waals surface area contributed by atoms with Gasteiger partial charge in [0.25, 0.3) is 0 Å². The van der Waals surface area contributed by atoms with E-state index in [1.54, 1.807) is 0 Å². The molecular formula is C8H13NO5S. The summed E-state index contributed by atoms with van der Waals surface area (Å²) in [4.78, 5) is 23.1. The zero-order chi connectivity index (χ0) is 11.6. The fraction of sp³-hybridized carbons (Fsp3) is 0.750. The highest BCUT2D eigenvalue weighted by Gasteiger charge is 2.34. The minimum absolute atomic E-state index is 0.0876. The Kier molecular flexibility index (Phi) is 3.33. The third-order valence-electron chi connectivity index (χ3n) is 2.00. The first-order valence-corrected chi connectivity index (χ1v) is 6.54. The Hall–Kier alpha value is -1.11. The van der Waals surface area contributed by atoms with Crippen molar-refractivity contribution in [3.63, 3.8) is 0 Å². The van der Waals surface area contributed by atoms with Gasteiger partial charge in [-0.05, 0) is 12.8 Å². The van der Waals surface area contributed by atoms with Crippen LogP contribution in [-0.4, -0.2) is 54.9 Å². The number of aliphatic carboxylic acids is 1. The largest absolute Gasteiger partial charge is 0.480 e. The average molecular weight is 235 g/mol. The van der Waals surface area contributed by atoms with Crippen molar-refractivity contribution in [2.75, 3.05) is 18.6 Å². The summed E-state index contributed by atoms with van der Waals surface area (Å²) >= 11 is 0. The molecule has 1 amide bonds. The van der Waals surface area contributed by atoms with Crippen LogP contribution in [0.25, 0.3) is 0 Å². The first-order valence-electron chi connectivity index (χ1n) is 4.48. The molecule has 1 N–H and O–H groups in total. The van der Waals surface area contributed by atoms with Crippen molar-refractivity contribution in [2.45, 2.75) is 18.9 Å². The maximum absolute atomic E-state index is 11.5. The minimum atomic E-state index is -3.39. The van der Waals surface area contributed by atoms with E-state index in [2.05, 4.69) is 0 Å². The van der Waals surface area contributed by atoms with Gasteiger partial charge in [0.05, 0.1) is 0 Å². The van der Waals surface area contributed by atoms with Gasteiger partial charge in [-0.3, -0.25) is 9.59 Å². The van der Waals surface area contributed by atoms with E-state index in [0.717, 1.165) is 24.0 Å². The molecule has 1 fully saturated rings. The third kappa shape index (κ3) is 4.28. The average Bonchev–Trinajstić information content (AvgIpc) is 2.78. The lowest BCUT2D eigenvalue weighted by molar-refractivity contribution is -0.143. The molecule has 0 aliphatic heterocycles. The molecule has 0 unspecified atom stereocenters. The van der Waals surface area contributed by atoms with Crippen molar-refractivity contribution in [1.29, 1.82) is 0 Å². The molecule has 0 atom stereocenters. The van der Waals surface area contributed by atoms with Crippen LogP contribution in [0.15, 0.2) is 0 Å². The number of carbonyl (C=O) groups is 2. The predicted octanol–water partition coefficient (Wildman–Crippen LogP) is -0.893. The van der Waals surface area contributed by atoms with Crippen molar-refractivity contribution >= 4 is 21.7 Å². The van der Waals surface area contributed by atoms with Crippen LogP contribution in [0.1, 0.15) is 12.8 Å². The van der Waals surface area contributed by atoms with Crippen molar-refractivity contribution in [3.8, 4) is 0 Å². The summed E-state index contributed by atoms with van der Waals surface area (Å²) in [6.45, 7) is -0.418. The summed E-state index contributed by atoms with van der Waals surface area (Å²) in [6, 6.07) is -0.0876. The molecule has 0 aromatic carbocycles. The summed E-state index contributed by atoms with van der Waals surface area (Å²) in [5.41, 5.74) is 0. The summed E-state index contributed by atoms with van der Waals surface area (Å²) in [7, 11) is -3.39. The summed E-state index contributed by atoms with van der Waals surface area (Å²) in [5.74, 6) is -2.36. The van der Waals surface area contributed by atoms with Crippen LogP contribution < -0.4 is 0 Å². The smallest absolute Gasteiger partial charge is 0.323 e. The second-order valence-electron chi connectivity index (χ2n) is 3.72. The summed E-state index contributed by atoms with van der Waals surface area (Å²) in [5, 5.41) is 8.56. The van der Waals surface area contributed by atoms with Gasteiger partial charge in [0, 0.05) is 12.3 Å². The summed E-state index contributed by atoms with van der Waals surface area (Å²) in [6.07, 6.45) is 2.46. The second-order valence-corrected chi connectivity index (χ2v) is 5.86. The fourth-order valence-corrected chi connectivity index (χ4v) is 1.87. The van der Waals surface area contributed by atoms with Crippen molar-refractivity contribution < 1.29 is 23.1 Å². The number of nitrogens with zero attached hydrogens (tertiary/aromatic N) is 1. The Bertz CT molecular complexity index is 370. The van der Waals surface area contributed by atoms with Gasteiger partial charge in [-0.2, -0.15) is 0 Å². The highest BCUT2D eigenvalue weighted by atomic mass is 32.2. The van der Waals surface area contributed by atoms with Crippen LogP contribution in [0.2, 0.25) is 0 Å². The Balaban J connectivity index is 2.63. The van der Waals surface area contributed by atoms with Gasteiger partial charge in [-0.15, -0.1) is 0 Å². The highest BCUT2D eigenvalue weighted by Crippen LogP contribution is 2.26. The van der Waals surface area contributed by atoms with Crippen molar-refractivity contribution in [2.24, 2.45) is 0 Å². The molecule has 0 spiro atoms. The molecule has 0 heterocycles. The summed E-state index contributed by atoms with van der Waals surface area (Å²) < 4.78 is 21.8. The van der Waals surface area contributed by atoms with E-state index in [1.165, 1.54) is 0 Å². The van der Waals surface area contributed by atoms with Gasteiger partial charge in [-0.1, -0.05) is 0 Å². The van der Waals surface area contributed by atoms with Crippen LogP contribution in [0.4, 0.5) is 0 Å². The van der Waals surface area contributed by atoms with Crippen LogP contribution in [0.3, 0.4) is 0 Å². The number of hydrogen-bond acceptors (Lipinski definition) is 4. The Morgan fingerprint density at radius 1 is 1.40 bits per heavy atom. The lowest BCUT2D eigenvalue weighted by Gasteiger charge is -2.19. The van der Waals surface area contributed by atoms with Gasteiger partial charge in [-0.25, -0.2) is 8.42 Å². The first kappa shape index (κ1) is 12.0. The van der Waals surface area contributed by atoms with Crippen LogP contribution in [0.5, 0.6) is 0 Å². The van der Waals surface area contributed by atoms with Gasteiger partial charge in [0.2, 0.25) is 5.91 Å². The van der Waals surface area contributed by atoms with E-state index in [-0.39, 0.29) is 6.04 Å². The van der Waals surface area contributed by atoms with E-state index < -0.39 is 34.0 Å². The number of carboxylic acid groups (broad SMARTS) is 1. The predicted molar refractivity (Wildman–Crippen MR) is 52.1 cm³/mol. The quantitative estimate of drug-likeness (QED) is 0.667. The lowest BCUT2D eigenvalue weighted by Crippen LogP contribution is -2.40. The van der Waals surface area contributed by atoms with Gasteiger partial charge in [0.15, 0.2) is 9.84 Å². The van der Waals surface area contributed by atoms with Crippen LogP contribution in [0, 0.1) is 0 Å². The molecule has 1 saturated carbocycles. The number of rotatable bonds is 5. The first-order chi connectivity index (χ1) is 6.79. The van der Waals surface area contributed by atoms with Gasteiger partial charge < -0.3 is 10.0 Å². The number of sulfone groups is 1. The number of carboxylic acids is 1. The van der Waals surface area contributed by atoms with Crippen LogP contribution in [-0.2, 0) is 19.4 Å². The molecule has 0 saturated heterocycles. The van der Waals surface area contributed by atoms with Crippen molar-refractivity contribution in [1.82, 2.24) is 4.90 Å². The fourth-order valence-electron chi connectivity index (χ4n) is 1.26. The van der Waals surface area contributed by atoms with E-state index in [9.17, 15) is 18.0 Å². The molecule has 1 aliphatic rings. The standard InChI is InChI=1S/C8H13NO5S/c1-15(13,14)5-7(10)9(4-8(11)12)6-2-3-6/h6H,2-5H2,1H3,(H,11,12). The normalized spacial score (nSPS) is 16.1. The topological polar surface area (TPSA) is 91.8 Å². The molecule has 0 radical (unpaired) electrons. The second kappa shape index (κ2) is 4.18. The molecular weight excluding hydrogens is 222 g/mol. The Labute approximate surface area is 87.8 Å². The van der Waals surface area contributed by atoms with E-state index in [1.807, 2.05) is 0 Å². The minimum Gasteiger partial charge on any atom is -0.480 e. The maximum atomic E-state index is 11.5. The van der Waals surface area contributed by atoms with Crippen molar-refractivity contribution in [3.05, 3.63) is 0 Å². The zero-order valence-corrected chi connectivity index (χ0v) is 9.16. The molecule has 15 heavy (non-hydrogen) atoms. The number of carbonyl (C=O) groups excluding carboxylic acids is 1. The van der Waals surface area contributed by atoms with E-state index in [0.29, 0.717) is 0 Å². The monoisotopic (exact) mass is 235 g/mol. The molecule has 0 aromatic heterocycles. The number of hydrogen-bond donors (Lipinski definition) is 1. The van der Waals surface area contributed by atoms with Gasteiger partial charge >= 0.3 is 5.97 Å². The molecule has 0 aromatic rings. The molecule has 7 heteroatoms. The van der Waals surface area contributed by atoms with Gasteiger partial charge in [0.1, 0.15) is 12.3 Å². The number of amides is 1. The zero-order valence-electron chi connectivity index (χ0n) is 8.34. The van der Waals surface area contributed by atoms with E-state index >= 15 is 0 Å². The Morgan fingerprint density at radius 3 is 2.27 bits per heavy atom. The van der Waals surface area contributed by atoms with Crippen LogP contribution >= 0.6 is 0 Å². The molecule has 0 bridgehead atoms. The Morgan fingerprint density at radius 2 is 1.93 bits per heavy atom. The lowest BCUT2D eigenvalue weighted by atomic mass is 10.4. The molecule has 6 nitrogen and oxygen atoms in total. The maximum Gasteiger partial charge on any atom is 0.323 e. The molecule has 1 aliphatic carbocycles.